The van der Waals surface area contributed by atoms with Crippen LogP contribution in [-0.4, -0.2) is 25.6 Å². The highest BCUT2D eigenvalue weighted by Gasteiger charge is 2.17. The van der Waals surface area contributed by atoms with Crippen molar-refractivity contribution in [3.8, 4) is 0 Å². The molecule has 0 saturated heterocycles. The van der Waals surface area contributed by atoms with Gasteiger partial charge < -0.3 is 19.2 Å². The first-order valence-electron chi connectivity index (χ1n) is 12.2. The van der Waals surface area contributed by atoms with Crippen LogP contribution in [0.5, 0.6) is 0 Å². The van der Waals surface area contributed by atoms with Crippen LogP contribution in [0, 0.1) is 0 Å². The zero-order chi connectivity index (χ0) is 27.9. The predicted octanol–water partition coefficient (Wildman–Crippen LogP) is 5.23. The fourth-order valence-electron chi connectivity index (χ4n) is 3.27. The fourth-order valence-corrected chi connectivity index (χ4v) is 3.27. The van der Waals surface area contributed by atoms with Crippen molar-refractivity contribution >= 4 is 24.0 Å². The maximum atomic E-state index is 13.3. The van der Waals surface area contributed by atoms with Crippen molar-refractivity contribution < 1.29 is 23.5 Å². The summed E-state index contributed by atoms with van der Waals surface area (Å²) in [5.74, 6) is 0.653. The van der Waals surface area contributed by atoms with Crippen LogP contribution >= 0.6 is 0 Å². The zero-order valence-electron chi connectivity index (χ0n) is 22.3. The molecule has 0 atom stereocenters. The number of allylic oxidation sites excluding steroid dienone is 10. The van der Waals surface area contributed by atoms with Crippen molar-refractivity contribution in [3.05, 3.63) is 119 Å². The summed E-state index contributed by atoms with van der Waals surface area (Å²) in [6.45, 7) is 15.4. The van der Waals surface area contributed by atoms with Gasteiger partial charge in [-0.3, -0.25) is 10.1 Å². The smallest absolute Gasteiger partial charge is 0.411 e. The largest absolute Gasteiger partial charge is 0.493 e. The minimum Gasteiger partial charge on any atom is -0.493 e. The Labute approximate surface area is 224 Å². The molecule has 7 heteroatoms. The van der Waals surface area contributed by atoms with Gasteiger partial charge >= 0.3 is 6.09 Å². The van der Waals surface area contributed by atoms with E-state index in [2.05, 4.69) is 35.1 Å². The molecule has 0 spiro atoms. The number of hydrogen-bond donors (Lipinski definition) is 2. The van der Waals surface area contributed by atoms with Crippen molar-refractivity contribution in [3.63, 3.8) is 0 Å². The van der Waals surface area contributed by atoms with E-state index in [1.807, 2.05) is 43.4 Å². The number of nitrogens with one attached hydrogen (secondary N) is 2. The number of rotatable bonds is 14. The monoisotopic (exact) mass is 516 g/mol. The summed E-state index contributed by atoms with van der Waals surface area (Å²) in [5.41, 5.74) is 2.98. The highest BCUT2D eigenvalue weighted by atomic mass is 16.5. The second-order valence-corrected chi connectivity index (χ2v) is 8.26. The van der Waals surface area contributed by atoms with Crippen LogP contribution in [-0.2, 0) is 9.47 Å². The molecule has 0 saturated carbocycles. The molecular weight excluding hydrogens is 480 g/mol. The second-order valence-electron chi connectivity index (χ2n) is 8.26. The van der Waals surface area contributed by atoms with Gasteiger partial charge in [0.2, 0.25) is 5.78 Å². The predicted molar refractivity (Wildman–Crippen MR) is 152 cm³/mol. The van der Waals surface area contributed by atoms with Crippen LogP contribution in [0.4, 0.5) is 4.79 Å². The molecule has 1 aliphatic carbocycles. The first-order chi connectivity index (χ1) is 18.3. The van der Waals surface area contributed by atoms with Crippen molar-refractivity contribution in [2.75, 3.05) is 13.7 Å². The average Bonchev–Trinajstić information content (AvgIpc) is 3.23. The number of hydrogen-bond acceptors (Lipinski definition) is 6. The summed E-state index contributed by atoms with van der Waals surface area (Å²) in [7, 11) is 1.29. The molecule has 2 rings (SSSR count). The van der Waals surface area contributed by atoms with Crippen LogP contribution in [0.25, 0.3) is 12.2 Å². The lowest BCUT2D eigenvalue weighted by atomic mass is 10.1. The van der Waals surface area contributed by atoms with Gasteiger partial charge in [-0.25, -0.2) is 4.79 Å². The first-order valence-corrected chi connectivity index (χ1v) is 12.2. The van der Waals surface area contributed by atoms with Gasteiger partial charge in [-0.05, 0) is 56.6 Å². The van der Waals surface area contributed by atoms with Crippen LogP contribution in [0.3, 0.4) is 0 Å². The second kappa shape index (κ2) is 15.6. The Morgan fingerprint density at radius 3 is 2.63 bits per heavy atom. The van der Waals surface area contributed by atoms with E-state index in [0.717, 1.165) is 23.0 Å². The number of fused-ring (bicyclic) bond motifs is 1. The number of ether oxygens (including phenoxy) is 2. The number of amides is 1. The van der Waals surface area contributed by atoms with Gasteiger partial charge in [0.1, 0.15) is 17.8 Å². The summed E-state index contributed by atoms with van der Waals surface area (Å²) in [5, 5.41) is 6.34. The normalized spacial score (nSPS) is 13.8. The molecular formula is C31H36N2O5. The minimum absolute atomic E-state index is 0.188. The third-order valence-corrected chi connectivity index (χ3v) is 5.41. The molecule has 1 heterocycles. The lowest BCUT2D eigenvalue weighted by Crippen LogP contribution is -2.21. The van der Waals surface area contributed by atoms with Gasteiger partial charge in [0, 0.05) is 23.0 Å². The van der Waals surface area contributed by atoms with E-state index in [0.29, 0.717) is 36.3 Å². The molecule has 0 aromatic carbocycles. The van der Waals surface area contributed by atoms with E-state index in [9.17, 15) is 9.59 Å². The van der Waals surface area contributed by atoms with E-state index < -0.39 is 6.09 Å². The topological polar surface area (TPSA) is 89.8 Å². The number of Topliss-reactive ketones (excluding diaryl/α,β-unsaturated/α-hetero) is 1. The molecule has 0 aliphatic heterocycles. The third-order valence-electron chi connectivity index (χ3n) is 5.41. The zero-order valence-corrected chi connectivity index (χ0v) is 22.3. The summed E-state index contributed by atoms with van der Waals surface area (Å²) >= 11 is 0. The van der Waals surface area contributed by atoms with Crippen LogP contribution < -0.4 is 21.3 Å². The van der Waals surface area contributed by atoms with Crippen molar-refractivity contribution in [1.82, 2.24) is 10.6 Å². The standard InChI is InChI=1S/C31H36N2O5/c1-7-10-11-14-24(9-3)21-37-26-17-16-25-20-29(38-28(25)19-18-26)30(34)27(32-22(4)8-2)15-12-13-23(5)33-31(35)36-6/h7-9,11,13-16,18-20,32H,1-2,4,10,12,17,21H2,3,5-6H3,(H,33,35)/b14-11-,23-13+,24-9+,27-15-. The Kier molecular flexibility index (Phi) is 12.2. The van der Waals surface area contributed by atoms with E-state index in [1.165, 1.54) is 13.2 Å². The summed E-state index contributed by atoms with van der Waals surface area (Å²) in [4.78, 5) is 24.6. The molecule has 1 aromatic rings. The molecule has 7 nitrogen and oxygen atoms in total. The molecule has 200 valence electrons. The van der Waals surface area contributed by atoms with Crippen molar-refractivity contribution in [2.24, 2.45) is 0 Å². The Morgan fingerprint density at radius 2 is 1.95 bits per heavy atom. The van der Waals surface area contributed by atoms with Gasteiger partial charge in [0.25, 0.3) is 0 Å². The fraction of sp³-hybridized carbons (Fsp3) is 0.226. The third kappa shape index (κ3) is 9.50. The molecule has 0 bridgehead atoms. The van der Waals surface area contributed by atoms with Gasteiger partial charge in [-0.1, -0.05) is 55.7 Å². The maximum absolute atomic E-state index is 13.3. The lowest BCUT2D eigenvalue weighted by Gasteiger charge is -2.09. The molecule has 1 amide bonds. The Hall–Kier alpha value is -4.52. The first kappa shape index (κ1) is 29.7. The quantitative estimate of drug-likeness (QED) is 0.152. The minimum atomic E-state index is -0.563. The highest BCUT2D eigenvalue weighted by molar-refractivity contribution is 6.06. The molecule has 38 heavy (non-hydrogen) atoms. The van der Waals surface area contributed by atoms with Crippen LogP contribution in [0.15, 0.2) is 107 Å². The number of furan rings is 1. The molecule has 0 radical (unpaired) electrons. The van der Waals surface area contributed by atoms with Crippen molar-refractivity contribution in [1.29, 1.82) is 0 Å². The highest BCUT2D eigenvalue weighted by Crippen LogP contribution is 2.12. The summed E-state index contributed by atoms with van der Waals surface area (Å²) in [6.07, 6.45) is 19.7. The molecule has 2 N–H and O–H groups in total. The average molecular weight is 517 g/mol. The SMILES string of the molecule is C=CC/C=C\C(=C/C)COC1=CC=c2oc(C(=O)/C(=C/C/C=C(\C)NC(=O)OC)NC(=C)C=C)cc2=CC1. The van der Waals surface area contributed by atoms with E-state index in [-0.39, 0.29) is 17.2 Å². The number of methoxy groups -OCH3 is 1. The van der Waals surface area contributed by atoms with Gasteiger partial charge in [0.15, 0.2) is 5.76 Å². The van der Waals surface area contributed by atoms with E-state index >= 15 is 0 Å². The lowest BCUT2D eigenvalue weighted by molar-refractivity contribution is 0.0996. The van der Waals surface area contributed by atoms with E-state index in [1.54, 1.807) is 31.2 Å². The van der Waals surface area contributed by atoms with Gasteiger partial charge in [-0.15, -0.1) is 6.58 Å². The Bertz CT molecular complexity index is 1330. The van der Waals surface area contributed by atoms with Gasteiger partial charge in [0.05, 0.1) is 12.8 Å². The number of carbonyl (C=O) groups excluding carboxylic acids is 2. The van der Waals surface area contributed by atoms with Crippen LogP contribution in [0.2, 0.25) is 0 Å². The number of carbonyl (C=O) groups is 2. The summed E-state index contributed by atoms with van der Waals surface area (Å²) in [6, 6.07) is 1.71. The summed E-state index contributed by atoms with van der Waals surface area (Å²) < 4.78 is 16.5. The molecule has 0 unspecified atom stereocenters. The van der Waals surface area contributed by atoms with E-state index in [4.69, 9.17) is 9.15 Å². The van der Waals surface area contributed by atoms with Crippen LogP contribution in [0.1, 0.15) is 43.7 Å². The molecule has 0 fully saturated rings. The molecule has 1 aliphatic rings. The number of alkyl carbamates (subject to hydrolysis) is 1. The van der Waals surface area contributed by atoms with Crippen molar-refractivity contribution in [2.45, 2.75) is 33.1 Å². The van der Waals surface area contributed by atoms with Gasteiger partial charge in [-0.2, -0.15) is 0 Å². The Morgan fingerprint density at radius 1 is 1.16 bits per heavy atom. The maximum Gasteiger partial charge on any atom is 0.411 e. The molecule has 1 aromatic heterocycles. The number of ketones is 1. The Balaban J connectivity index is 2.20.